The third-order valence-electron chi connectivity index (χ3n) is 7.11. The predicted octanol–water partition coefficient (Wildman–Crippen LogP) is 11.1. The molecule has 0 heterocycles. The average molecular weight is 547 g/mol. The van der Waals surface area contributed by atoms with Gasteiger partial charge in [-0.25, -0.2) is 0 Å². The molecule has 0 spiro atoms. The number of carboxylic acid groups (broad SMARTS) is 1. The number of unbranched alkanes of at least 4 members (excludes halogenated alkanes) is 14. The fourth-order valence-electron chi connectivity index (χ4n) is 4.66. The Bertz CT molecular complexity index is 635. The highest BCUT2D eigenvalue weighted by Crippen LogP contribution is 2.17. The quantitative estimate of drug-likeness (QED) is 0.0575. The molecule has 226 valence electrons. The van der Waals surface area contributed by atoms with Crippen LogP contribution < -0.4 is 0 Å². The lowest BCUT2D eigenvalue weighted by molar-refractivity contribution is -0.150. The molecule has 0 aromatic carbocycles. The van der Waals surface area contributed by atoms with E-state index in [4.69, 9.17) is 9.84 Å². The lowest BCUT2D eigenvalue weighted by Gasteiger charge is -2.18. The van der Waals surface area contributed by atoms with Gasteiger partial charge in [-0.1, -0.05) is 115 Å². The second-order valence-electron chi connectivity index (χ2n) is 11.0. The summed E-state index contributed by atoms with van der Waals surface area (Å²) >= 11 is 0. The first-order valence-electron chi connectivity index (χ1n) is 16.5. The maximum atomic E-state index is 12.4. The van der Waals surface area contributed by atoms with Gasteiger partial charge in [0.25, 0.3) is 0 Å². The number of carboxylic acids is 1. The third kappa shape index (κ3) is 30.6. The molecule has 0 saturated heterocycles. The number of aliphatic carboxylic acids is 1. The molecule has 0 radical (unpaired) electrons. The molecule has 0 aromatic heterocycles. The van der Waals surface area contributed by atoms with Crippen LogP contribution in [0.3, 0.4) is 0 Å². The van der Waals surface area contributed by atoms with Crippen molar-refractivity contribution in [2.75, 3.05) is 0 Å². The van der Waals surface area contributed by atoms with Crippen molar-refractivity contribution in [3.05, 3.63) is 36.5 Å². The highest BCUT2D eigenvalue weighted by atomic mass is 16.5. The van der Waals surface area contributed by atoms with Crippen molar-refractivity contribution in [2.24, 2.45) is 0 Å². The summed E-state index contributed by atoms with van der Waals surface area (Å²) in [5.41, 5.74) is 0. The minimum Gasteiger partial charge on any atom is -0.481 e. The molecule has 0 bridgehead atoms. The average Bonchev–Trinajstić information content (AvgIpc) is 2.91. The zero-order valence-electron chi connectivity index (χ0n) is 25.7. The maximum Gasteiger partial charge on any atom is 0.306 e. The molecule has 1 N–H and O–H groups in total. The fraction of sp³-hybridized carbons (Fsp3) is 0.771. The van der Waals surface area contributed by atoms with Gasteiger partial charge < -0.3 is 9.84 Å². The molecule has 0 amide bonds. The van der Waals surface area contributed by atoms with Gasteiger partial charge >= 0.3 is 11.9 Å². The van der Waals surface area contributed by atoms with Gasteiger partial charge in [0.15, 0.2) is 0 Å². The molecule has 0 aliphatic heterocycles. The first-order chi connectivity index (χ1) is 19.1. The molecular formula is C35H62O4. The molecule has 39 heavy (non-hydrogen) atoms. The molecule has 0 fully saturated rings. The van der Waals surface area contributed by atoms with Crippen molar-refractivity contribution in [2.45, 2.75) is 174 Å². The summed E-state index contributed by atoms with van der Waals surface area (Å²) in [4.78, 5) is 23.1. The molecule has 0 aromatic rings. The van der Waals surface area contributed by atoms with Gasteiger partial charge in [0.2, 0.25) is 0 Å². The summed E-state index contributed by atoms with van der Waals surface area (Å²) in [5, 5.41) is 8.78. The van der Waals surface area contributed by atoms with Gasteiger partial charge in [0, 0.05) is 12.8 Å². The van der Waals surface area contributed by atoms with E-state index in [-0.39, 0.29) is 18.5 Å². The van der Waals surface area contributed by atoms with Crippen LogP contribution in [0.2, 0.25) is 0 Å². The van der Waals surface area contributed by atoms with E-state index < -0.39 is 5.97 Å². The second-order valence-corrected chi connectivity index (χ2v) is 11.0. The van der Waals surface area contributed by atoms with Crippen LogP contribution in [0.15, 0.2) is 36.5 Å². The number of esters is 1. The van der Waals surface area contributed by atoms with Gasteiger partial charge in [-0.3, -0.25) is 9.59 Å². The summed E-state index contributed by atoms with van der Waals surface area (Å²) in [5.74, 6) is -0.784. The topological polar surface area (TPSA) is 63.6 Å². The second kappa shape index (κ2) is 30.7. The minimum atomic E-state index is -0.732. The molecule has 1 atom stereocenters. The fourth-order valence-corrected chi connectivity index (χ4v) is 4.66. The highest BCUT2D eigenvalue weighted by Gasteiger charge is 2.14. The minimum absolute atomic E-state index is 0.000104. The van der Waals surface area contributed by atoms with Gasteiger partial charge in [0.1, 0.15) is 6.10 Å². The van der Waals surface area contributed by atoms with E-state index in [1.165, 1.54) is 70.6 Å². The monoisotopic (exact) mass is 546 g/mol. The maximum absolute atomic E-state index is 12.4. The number of allylic oxidation sites excluding steroid dienone is 6. The summed E-state index contributed by atoms with van der Waals surface area (Å²) in [7, 11) is 0. The lowest BCUT2D eigenvalue weighted by Crippen LogP contribution is -2.18. The van der Waals surface area contributed by atoms with E-state index >= 15 is 0 Å². The highest BCUT2D eigenvalue weighted by molar-refractivity contribution is 5.69. The van der Waals surface area contributed by atoms with Crippen molar-refractivity contribution in [3.8, 4) is 0 Å². The number of ether oxygens (including phenoxy) is 1. The van der Waals surface area contributed by atoms with Crippen molar-refractivity contribution in [1.29, 1.82) is 0 Å². The van der Waals surface area contributed by atoms with Gasteiger partial charge in [-0.05, 0) is 77.0 Å². The number of hydrogen-bond acceptors (Lipinski definition) is 3. The van der Waals surface area contributed by atoms with E-state index in [9.17, 15) is 9.59 Å². The number of carbonyl (C=O) groups excluding carboxylic acids is 1. The first-order valence-corrected chi connectivity index (χ1v) is 16.5. The summed E-state index contributed by atoms with van der Waals surface area (Å²) in [6, 6.07) is 0. The molecule has 0 aliphatic rings. The SMILES string of the molecule is CCCCC/C=C\C/C=C\C/C=C\CCCCCCCCC(=O)OC(CCCCCC)CCCCCC(=O)O. The normalized spacial score (nSPS) is 12.7. The third-order valence-corrected chi connectivity index (χ3v) is 7.11. The van der Waals surface area contributed by atoms with E-state index in [2.05, 4.69) is 50.3 Å². The van der Waals surface area contributed by atoms with Crippen molar-refractivity contribution in [1.82, 2.24) is 0 Å². The Kier molecular flexibility index (Phi) is 29.2. The zero-order chi connectivity index (χ0) is 28.7. The van der Waals surface area contributed by atoms with Gasteiger partial charge in [-0.2, -0.15) is 0 Å². The smallest absolute Gasteiger partial charge is 0.306 e. The Balaban J connectivity index is 3.77. The lowest BCUT2D eigenvalue weighted by atomic mass is 10.0. The molecule has 0 aliphatic carbocycles. The Morgan fingerprint density at radius 1 is 0.564 bits per heavy atom. The van der Waals surface area contributed by atoms with Crippen LogP contribution in [-0.4, -0.2) is 23.1 Å². The van der Waals surface area contributed by atoms with E-state index in [1.807, 2.05) is 0 Å². The predicted molar refractivity (Wildman–Crippen MR) is 167 cm³/mol. The van der Waals surface area contributed by atoms with Crippen molar-refractivity contribution < 1.29 is 19.4 Å². The van der Waals surface area contributed by atoms with Crippen LogP contribution in [-0.2, 0) is 14.3 Å². The standard InChI is InChI=1S/C35H62O4/c1-3-5-7-9-10-11-12-13-14-15-16-17-18-19-20-21-22-23-28-32-35(38)39-33(29-25-8-6-4-2)30-26-24-27-31-34(36)37/h10-11,13-14,16-17,33H,3-9,12,15,18-32H2,1-2H3,(H,36,37)/b11-10-,14-13-,17-16-. The van der Waals surface area contributed by atoms with Crippen molar-refractivity contribution >= 4 is 11.9 Å². The van der Waals surface area contributed by atoms with E-state index in [1.54, 1.807) is 0 Å². The summed E-state index contributed by atoms with van der Waals surface area (Å²) in [6.45, 7) is 4.45. The molecular weight excluding hydrogens is 484 g/mol. The molecule has 0 saturated carbocycles. The molecule has 4 heteroatoms. The van der Waals surface area contributed by atoms with Crippen LogP contribution in [0.4, 0.5) is 0 Å². The van der Waals surface area contributed by atoms with E-state index in [0.29, 0.717) is 12.8 Å². The van der Waals surface area contributed by atoms with Crippen LogP contribution >= 0.6 is 0 Å². The van der Waals surface area contributed by atoms with Crippen LogP contribution in [0, 0.1) is 0 Å². The molecule has 1 unspecified atom stereocenters. The van der Waals surface area contributed by atoms with Crippen LogP contribution in [0.1, 0.15) is 168 Å². The Labute approximate surface area is 241 Å². The Morgan fingerprint density at radius 2 is 1.00 bits per heavy atom. The number of rotatable bonds is 29. The van der Waals surface area contributed by atoms with E-state index in [0.717, 1.165) is 64.2 Å². The summed E-state index contributed by atoms with van der Waals surface area (Å²) in [6.07, 6.45) is 38.8. The Hall–Kier alpha value is -1.84. The van der Waals surface area contributed by atoms with Crippen molar-refractivity contribution in [3.63, 3.8) is 0 Å². The van der Waals surface area contributed by atoms with Gasteiger partial charge in [0.05, 0.1) is 0 Å². The zero-order valence-corrected chi connectivity index (χ0v) is 25.7. The van der Waals surface area contributed by atoms with Crippen LogP contribution in [0.25, 0.3) is 0 Å². The number of carbonyl (C=O) groups is 2. The van der Waals surface area contributed by atoms with Crippen LogP contribution in [0.5, 0.6) is 0 Å². The molecule has 4 nitrogen and oxygen atoms in total. The molecule has 0 rings (SSSR count). The largest absolute Gasteiger partial charge is 0.481 e. The Morgan fingerprint density at radius 3 is 1.59 bits per heavy atom. The van der Waals surface area contributed by atoms with Gasteiger partial charge in [-0.15, -0.1) is 0 Å². The summed E-state index contributed by atoms with van der Waals surface area (Å²) < 4.78 is 5.82. The number of hydrogen-bond donors (Lipinski definition) is 1. The first kappa shape index (κ1) is 37.2.